The van der Waals surface area contributed by atoms with Crippen molar-refractivity contribution in [3.63, 3.8) is 0 Å². The highest BCUT2D eigenvalue weighted by molar-refractivity contribution is 4.88. The molecule has 0 bridgehead atoms. The number of piperidine rings is 2. The first kappa shape index (κ1) is 11.4. The summed E-state index contributed by atoms with van der Waals surface area (Å²) >= 11 is 0. The summed E-state index contributed by atoms with van der Waals surface area (Å²) in [6, 6.07) is 2.35. The Kier molecular flexibility index (Phi) is 4.04. The van der Waals surface area contributed by atoms with Crippen LogP contribution in [0.4, 0.5) is 0 Å². The molecule has 0 aliphatic carbocycles. The predicted molar refractivity (Wildman–Crippen MR) is 65.1 cm³/mol. The zero-order valence-electron chi connectivity index (χ0n) is 10.3. The molecule has 0 amide bonds. The minimum atomic E-state index is 0.718. The first-order valence-corrected chi connectivity index (χ1v) is 6.79. The fourth-order valence-electron chi connectivity index (χ4n) is 3.24. The standard InChI is InChI=1S/C13H26N2/c1-3-12-10-13(9-11(2)14-12)15-7-5-4-6-8-15/h11-14H,3-10H2,1-2H3. The molecular weight excluding hydrogens is 184 g/mol. The molecule has 2 fully saturated rings. The highest BCUT2D eigenvalue weighted by Gasteiger charge is 2.29. The van der Waals surface area contributed by atoms with E-state index >= 15 is 0 Å². The fraction of sp³-hybridized carbons (Fsp3) is 1.00. The van der Waals surface area contributed by atoms with E-state index < -0.39 is 0 Å². The van der Waals surface area contributed by atoms with Gasteiger partial charge in [-0.15, -0.1) is 0 Å². The van der Waals surface area contributed by atoms with E-state index in [-0.39, 0.29) is 0 Å². The Morgan fingerprint density at radius 1 is 1.13 bits per heavy atom. The van der Waals surface area contributed by atoms with Gasteiger partial charge in [0.05, 0.1) is 0 Å². The predicted octanol–water partition coefficient (Wildman–Crippen LogP) is 2.39. The molecule has 0 aromatic carbocycles. The summed E-state index contributed by atoms with van der Waals surface area (Å²) in [5.74, 6) is 0. The van der Waals surface area contributed by atoms with E-state index in [1.807, 2.05) is 0 Å². The molecule has 2 aliphatic rings. The van der Waals surface area contributed by atoms with Gasteiger partial charge in [0.1, 0.15) is 0 Å². The average molecular weight is 210 g/mol. The van der Waals surface area contributed by atoms with Crippen molar-refractivity contribution in [1.29, 1.82) is 0 Å². The van der Waals surface area contributed by atoms with Crippen LogP contribution in [-0.2, 0) is 0 Å². The van der Waals surface area contributed by atoms with Gasteiger partial charge in [0.15, 0.2) is 0 Å². The number of rotatable bonds is 2. The zero-order chi connectivity index (χ0) is 10.7. The van der Waals surface area contributed by atoms with Gasteiger partial charge in [-0.3, -0.25) is 0 Å². The monoisotopic (exact) mass is 210 g/mol. The van der Waals surface area contributed by atoms with E-state index in [1.54, 1.807) is 0 Å². The molecule has 1 N–H and O–H groups in total. The Hall–Kier alpha value is -0.0800. The summed E-state index contributed by atoms with van der Waals surface area (Å²) in [4.78, 5) is 2.75. The molecule has 2 heterocycles. The van der Waals surface area contributed by atoms with Crippen molar-refractivity contribution in [1.82, 2.24) is 10.2 Å². The molecule has 3 unspecified atom stereocenters. The second kappa shape index (κ2) is 5.31. The van der Waals surface area contributed by atoms with Crippen LogP contribution in [-0.4, -0.2) is 36.1 Å². The third-order valence-corrected chi connectivity index (χ3v) is 4.10. The molecule has 2 nitrogen and oxygen atoms in total. The Bertz CT molecular complexity index is 187. The molecule has 2 heteroatoms. The lowest BCUT2D eigenvalue weighted by molar-refractivity contribution is 0.105. The summed E-state index contributed by atoms with van der Waals surface area (Å²) in [5.41, 5.74) is 0. The maximum Gasteiger partial charge on any atom is 0.0125 e. The number of likely N-dealkylation sites (tertiary alicyclic amines) is 1. The lowest BCUT2D eigenvalue weighted by Gasteiger charge is -2.42. The number of hydrogen-bond donors (Lipinski definition) is 1. The molecule has 0 aromatic heterocycles. The Morgan fingerprint density at radius 2 is 1.87 bits per heavy atom. The Balaban J connectivity index is 1.89. The zero-order valence-corrected chi connectivity index (χ0v) is 10.3. The van der Waals surface area contributed by atoms with Crippen molar-refractivity contribution < 1.29 is 0 Å². The third-order valence-electron chi connectivity index (χ3n) is 4.10. The highest BCUT2D eigenvalue weighted by atomic mass is 15.2. The van der Waals surface area contributed by atoms with Crippen LogP contribution in [0.25, 0.3) is 0 Å². The van der Waals surface area contributed by atoms with E-state index in [9.17, 15) is 0 Å². The van der Waals surface area contributed by atoms with Crippen molar-refractivity contribution in [2.75, 3.05) is 13.1 Å². The average Bonchev–Trinajstić information content (AvgIpc) is 2.29. The van der Waals surface area contributed by atoms with Gasteiger partial charge in [-0.25, -0.2) is 0 Å². The van der Waals surface area contributed by atoms with Crippen LogP contribution in [0.5, 0.6) is 0 Å². The lowest BCUT2D eigenvalue weighted by Crippen LogP contribution is -2.52. The van der Waals surface area contributed by atoms with Crippen molar-refractivity contribution in [2.45, 2.75) is 70.5 Å². The molecule has 15 heavy (non-hydrogen) atoms. The summed E-state index contributed by atoms with van der Waals surface area (Å²) in [7, 11) is 0. The first-order chi connectivity index (χ1) is 7.29. The van der Waals surface area contributed by atoms with Crippen molar-refractivity contribution in [3.8, 4) is 0 Å². The minimum Gasteiger partial charge on any atom is -0.311 e. The topological polar surface area (TPSA) is 15.3 Å². The van der Waals surface area contributed by atoms with Gasteiger partial charge < -0.3 is 10.2 Å². The molecule has 3 atom stereocenters. The molecule has 2 saturated heterocycles. The highest BCUT2D eigenvalue weighted by Crippen LogP contribution is 2.23. The first-order valence-electron chi connectivity index (χ1n) is 6.79. The molecule has 0 saturated carbocycles. The maximum absolute atomic E-state index is 3.71. The normalized spacial score (nSPS) is 39.2. The smallest absolute Gasteiger partial charge is 0.0125 e. The summed E-state index contributed by atoms with van der Waals surface area (Å²) in [6.07, 6.45) is 8.32. The van der Waals surface area contributed by atoms with E-state index in [2.05, 4.69) is 24.1 Å². The molecule has 2 rings (SSSR count). The van der Waals surface area contributed by atoms with Gasteiger partial charge in [-0.1, -0.05) is 13.3 Å². The summed E-state index contributed by atoms with van der Waals surface area (Å²) in [6.45, 7) is 7.36. The molecular formula is C13H26N2. The fourth-order valence-corrected chi connectivity index (χ4v) is 3.24. The van der Waals surface area contributed by atoms with Gasteiger partial charge >= 0.3 is 0 Å². The lowest BCUT2D eigenvalue weighted by atomic mass is 9.91. The van der Waals surface area contributed by atoms with Crippen LogP contribution in [0.3, 0.4) is 0 Å². The number of nitrogens with zero attached hydrogens (tertiary/aromatic N) is 1. The summed E-state index contributed by atoms with van der Waals surface area (Å²) in [5, 5.41) is 3.71. The minimum absolute atomic E-state index is 0.718. The number of nitrogens with one attached hydrogen (secondary N) is 1. The van der Waals surface area contributed by atoms with Gasteiger partial charge in [-0.05, 0) is 52.1 Å². The van der Waals surface area contributed by atoms with Crippen LogP contribution in [0.15, 0.2) is 0 Å². The second-order valence-electron chi connectivity index (χ2n) is 5.39. The van der Waals surface area contributed by atoms with Crippen LogP contribution in [0.1, 0.15) is 52.4 Å². The van der Waals surface area contributed by atoms with Crippen LogP contribution >= 0.6 is 0 Å². The van der Waals surface area contributed by atoms with E-state index in [0.717, 1.165) is 18.1 Å². The Labute approximate surface area is 94.4 Å². The van der Waals surface area contributed by atoms with Crippen LogP contribution in [0.2, 0.25) is 0 Å². The van der Waals surface area contributed by atoms with Gasteiger partial charge in [0.2, 0.25) is 0 Å². The third kappa shape index (κ3) is 2.94. The molecule has 0 aromatic rings. The molecule has 2 aliphatic heterocycles. The molecule has 0 radical (unpaired) electrons. The van der Waals surface area contributed by atoms with E-state index in [4.69, 9.17) is 0 Å². The largest absolute Gasteiger partial charge is 0.311 e. The van der Waals surface area contributed by atoms with Crippen molar-refractivity contribution in [2.24, 2.45) is 0 Å². The van der Waals surface area contributed by atoms with E-state index in [0.29, 0.717) is 0 Å². The van der Waals surface area contributed by atoms with Crippen molar-refractivity contribution >= 4 is 0 Å². The van der Waals surface area contributed by atoms with Crippen LogP contribution < -0.4 is 5.32 Å². The van der Waals surface area contributed by atoms with Crippen molar-refractivity contribution in [3.05, 3.63) is 0 Å². The Morgan fingerprint density at radius 3 is 2.53 bits per heavy atom. The second-order valence-corrected chi connectivity index (χ2v) is 5.39. The van der Waals surface area contributed by atoms with Crippen LogP contribution in [0, 0.1) is 0 Å². The number of hydrogen-bond acceptors (Lipinski definition) is 2. The molecule has 88 valence electrons. The van der Waals surface area contributed by atoms with E-state index in [1.165, 1.54) is 51.6 Å². The molecule has 0 spiro atoms. The quantitative estimate of drug-likeness (QED) is 0.753. The van der Waals surface area contributed by atoms with Gasteiger partial charge in [0.25, 0.3) is 0 Å². The van der Waals surface area contributed by atoms with Gasteiger partial charge in [-0.2, -0.15) is 0 Å². The SMILES string of the molecule is CCC1CC(N2CCCCC2)CC(C)N1. The maximum atomic E-state index is 3.71. The van der Waals surface area contributed by atoms with Gasteiger partial charge in [0, 0.05) is 18.1 Å². The summed E-state index contributed by atoms with van der Waals surface area (Å²) < 4.78 is 0.